The standard InChI is InChI=1S/C42H78N4/c1-2-3-4-17-30-39(35-22-9-5-10-23-35)40(36-24-11-6-12-25-36)44-33-20-21-34-46-42(38-28-15-8-16-29-38)41(45-32-19-18-31-43)37-26-13-7-14-27-37/h35-40,44H,2-34,43H2,1H3. The lowest BCUT2D eigenvalue weighted by Gasteiger charge is -2.42. The van der Waals surface area contributed by atoms with Crippen molar-refractivity contribution in [1.29, 1.82) is 0 Å². The molecule has 0 saturated heterocycles. The quantitative estimate of drug-likeness (QED) is 0.0970. The molecule has 46 heavy (non-hydrogen) atoms. The lowest BCUT2D eigenvalue weighted by atomic mass is 9.68. The summed E-state index contributed by atoms with van der Waals surface area (Å²) < 4.78 is 0. The van der Waals surface area contributed by atoms with E-state index in [2.05, 4.69) is 12.2 Å². The normalized spacial score (nSPS) is 23.5. The summed E-state index contributed by atoms with van der Waals surface area (Å²) in [4.78, 5) is 10.9. The summed E-state index contributed by atoms with van der Waals surface area (Å²) in [6, 6.07) is 0.755. The Balaban J connectivity index is 1.39. The summed E-state index contributed by atoms with van der Waals surface area (Å²) in [7, 11) is 0. The zero-order valence-corrected chi connectivity index (χ0v) is 30.8. The van der Waals surface area contributed by atoms with Gasteiger partial charge in [0.2, 0.25) is 0 Å². The van der Waals surface area contributed by atoms with E-state index >= 15 is 0 Å². The van der Waals surface area contributed by atoms with Crippen molar-refractivity contribution in [3.63, 3.8) is 0 Å². The van der Waals surface area contributed by atoms with Crippen molar-refractivity contribution >= 4 is 11.4 Å². The summed E-state index contributed by atoms with van der Waals surface area (Å²) in [5.74, 6) is 4.10. The van der Waals surface area contributed by atoms with E-state index in [9.17, 15) is 0 Å². The van der Waals surface area contributed by atoms with Gasteiger partial charge in [0.15, 0.2) is 0 Å². The first-order chi connectivity index (χ1) is 22.8. The topological polar surface area (TPSA) is 62.8 Å². The number of hydrogen-bond donors (Lipinski definition) is 2. The van der Waals surface area contributed by atoms with Gasteiger partial charge in [0.1, 0.15) is 0 Å². The highest BCUT2D eigenvalue weighted by Crippen LogP contribution is 2.40. The largest absolute Gasteiger partial charge is 0.330 e. The van der Waals surface area contributed by atoms with Gasteiger partial charge in [0.05, 0.1) is 11.4 Å². The number of aliphatic imine (C=N–C) groups is 2. The first kappa shape index (κ1) is 38.1. The Morgan fingerprint density at radius 1 is 0.565 bits per heavy atom. The van der Waals surface area contributed by atoms with Crippen molar-refractivity contribution in [2.45, 2.75) is 199 Å². The van der Waals surface area contributed by atoms with Gasteiger partial charge in [-0.3, -0.25) is 9.98 Å². The van der Waals surface area contributed by atoms with Crippen molar-refractivity contribution in [1.82, 2.24) is 5.32 Å². The van der Waals surface area contributed by atoms with E-state index < -0.39 is 0 Å². The SMILES string of the molecule is CCCCCCC(C1CCCCC1)C(NCCCCN=C(C(=NCCCCN)C1CCCCC1)C1CCCCC1)C1CCCCC1. The fourth-order valence-corrected chi connectivity index (χ4v) is 9.99. The van der Waals surface area contributed by atoms with Gasteiger partial charge in [-0.2, -0.15) is 0 Å². The van der Waals surface area contributed by atoms with E-state index in [1.807, 2.05) is 0 Å². The average molecular weight is 639 g/mol. The van der Waals surface area contributed by atoms with Crippen LogP contribution in [0.3, 0.4) is 0 Å². The van der Waals surface area contributed by atoms with E-state index in [4.69, 9.17) is 15.7 Å². The van der Waals surface area contributed by atoms with Crippen LogP contribution in [-0.4, -0.2) is 43.6 Å². The van der Waals surface area contributed by atoms with Gasteiger partial charge in [-0.25, -0.2) is 0 Å². The minimum absolute atomic E-state index is 0.652. The van der Waals surface area contributed by atoms with Crippen molar-refractivity contribution in [2.24, 2.45) is 45.3 Å². The maximum Gasteiger partial charge on any atom is 0.0592 e. The Labute approximate surface area is 286 Å². The number of hydrogen-bond acceptors (Lipinski definition) is 4. The molecular formula is C42H78N4. The number of nitrogens with zero attached hydrogens (tertiary/aromatic N) is 2. The summed E-state index contributed by atoms with van der Waals surface area (Å²) in [6.45, 7) is 6.28. The van der Waals surface area contributed by atoms with Crippen LogP contribution in [0.2, 0.25) is 0 Å². The van der Waals surface area contributed by atoms with Crippen LogP contribution in [0.15, 0.2) is 9.98 Å². The molecule has 4 saturated carbocycles. The van der Waals surface area contributed by atoms with Crippen LogP contribution >= 0.6 is 0 Å². The minimum Gasteiger partial charge on any atom is -0.330 e. The third-order valence-corrected chi connectivity index (χ3v) is 12.7. The fourth-order valence-electron chi connectivity index (χ4n) is 9.99. The second-order valence-electron chi connectivity index (χ2n) is 16.2. The van der Waals surface area contributed by atoms with Gasteiger partial charge in [0.25, 0.3) is 0 Å². The van der Waals surface area contributed by atoms with E-state index in [1.165, 1.54) is 191 Å². The van der Waals surface area contributed by atoms with Crippen molar-refractivity contribution < 1.29 is 0 Å². The number of rotatable bonds is 21. The van der Waals surface area contributed by atoms with Crippen LogP contribution in [0.4, 0.5) is 0 Å². The molecule has 0 aliphatic heterocycles. The first-order valence-corrected chi connectivity index (χ1v) is 21.3. The third kappa shape index (κ3) is 13.3. The Morgan fingerprint density at radius 3 is 1.59 bits per heavy atom. The van der Waals surface area contributed by atoms with E-state index in [0.717, 1.165) is 56.3 Å². The Hall–Kier alpha value is -0.740. The van der Waals surface area contributed by atoms with Crippen LogP contribution in [-0.2, 0) is 0 Å². The Bertz CT molecular complexity index is 812. The zero-order chi connectivity index (χ0) is 32.1. The first-order valence-electron chi connectivity index (χ1n) is 21.3. The van der Waals surface area contributed by atoms with Gasteiger partial charge in [0, 0.05) is 31.0 Å². The number of nitrogens with one attached hydrogen (secondary N) is 1. The third-order valence-electron chi connectivity index (χ3n) is 12.7. The van der Waals surface area contributed by atoms with Crippen molar-refractivity contribution in [3.05, 3.63) is 0 Å². The summed E-state index contributed by atoms with van der Waals surface area (Å²) in [5, 5.41) is 4.31. The summed E-state index contributed by atoms with van der Waals surface area (Å²) in [6.07, 6.45) is 40.3. The molecule has 4 fully saturated rings. The van der Waals surface area contributed by atoms with Gasteiger partial charge in [-0.1, -0.05) is 122 Å². The highest BCUT2D eigenvalue weighted by Gasteiger charge is 2.35. The molecule has 4 aliphatic carbocycles. The number of nitrogens with two attached hydrogens (primary N) is 1. The smallest absolute Gasteiger partial charge is 0.0592 e. The predicted octanol–water partition coefficient (Wildman–Crippen LogP) is 11.3. The molecule has 0 aromatic carbocycles. The van der Waals surface area contributed by atoms with Gasteiger partial charge in [-0.15, -0.1) is 0 Å². The van der Waals surface area contributed by atoms with Gasteiger partial charge >= 0.3 is 0 Å². The molecule has 2 unspecified atom stereocenters. The van der Waals surface area contributed by atoms with Crippen LogP contribution in [0.25, 0.3) is 0 Å². The second kappa shape index (κ2) is 23.6. The zero-order valence-electron chi connectivity index (χ0n) is 30.8. The number of unbranched alkanes of at least 4 members (excludes halogenated alkanes) is 5. The van der Waals surface area contributed by atoms with Crippen LogP contribution in [0.5, 0.6) is 0 Å². The lowest BCUT2D eigenvalue weighted by Crippen LogP contribution is -2.46. The van der Waals surface area contributed by atoms with E-state index in [-0.39, 0.29) is 0 Å². The molecule has 0 amide bonds. The molecule has 0 aromatic rings. The van der Waals surface area contributed by atoms with Gasteiger partial charge < -0.3 is 11.1 Å². The van der Waals surface area contributed by atoms with E-state index in [0.29, 0.717) is 11.8 Å². The molecule has 0 heterocycles. The predicted molar refractivity (Wildman–Crippen MR) is 202 cm³/mol. The molecule has 4 aliphatic rings. The molecule has 0 radical (unpaired) electrons. The molecule has 3 N–H and O–H groups in total. The molecule has 4 heteroatoms. The molecule has 0 aromatic heterocycles. The van der Waals surface area contributed by atoms with Crippen molar-refractivity contribution in [3.8, 4) is 0 Å². The summed E-state index contributed by atoms with van der Waals surface area (Å²) in [5.41, 5.74) is 8.74. The minimum atomic E-state index is 0.652. The van der Waals surface area contributed by atoms with Crippen LogP contribution < -0.4 is 11.1 Å². The lowest BCUT2D eigenvalue weighted by molar-refractivity contribution is 0.123. The van der Waals surface area contributed by atoms with Crippen molar-refractivity contribution in [2.75, 3.05) is 26.2 Å². The summed E-state index contributed by atoms with van der Waals surface area (Å²) >= 11 is 0. The molecule has 266 valence electrons. The fraction of sp³-hybridized carbons (Fsp3) is 0.952. The molecule has 2 atom stereocenters. The molecule has 0 bridgehead atoms. The average Bonchev–Trinajstić information content (AvgIpc) is 3.12. The monoisotopic (exact) mass is 639 g/mol. The molecule has 4 nitrogen and oxygen atoms in total. The highest BCUT2D eigenvalue weighted by atomic mass is 14.9. The van der Waals surface area contributed by atoms with Crippen LogP contribution in [0, 0.1) is 29.6 Å². The van der Waals surface area contributed by atoms with Gasteiger partial charge in [-0.05, 0) is 101 Å². The van der Waals surface area contributed by atoms with Crippen LogP contribution in [0.1, 0.15) is 193 Å². The molecular weight excluding hydrogens is 560 g/mol. The maximum absolute atomic E-state index is 5.84. The maximum atomic E-state index is 5.84. The second-order valence-corrected chi connectivity index (χ2v) is 16.2. The highest BCUT2D eigenvalue weighted by molar-refractivity contribution is 6.43. The van der Waals surface area contributed by atoms with E-state index in [1.54, 1.807) is 0 Å². The molecule has 0 spiro atoms. The molecule has 4 rings (SSSR count). The Kier molecular flexibility index (Phi) is 19.5. The Morgan fingerprint density at radius 2 is 1.07 bits per heavy atom.